The number of likely N-dealkylation sites (N-methyl/N-ethyl adjacent to an activating group) is 1. The molecule has 1 aliphatic rings. The van der Waals surface area contributed by atoms with Crippen molar-refractivity contribution in [3.8, 4) is 0 Å². The molecule has 1 aromatic heterocycles. The SMILES string of the molecule is CNCC(=O)N1Cc2[nH]c3ccccc3c2C[C@@H]1C=O. The lowest BCUT2D eigenvalue weighted by Gasteiger charge is -2.32. The van der Waals surface area contributed by atoms with E-state index in [2.05, 4.69) is 16.4 Å². The van der Waals surface area contributed by atoms with Gasteiger partial charge in [-0.2, -0.15) is 0 Å². The molecule has 0 radical (unpaired) electrons. The topological polar surface area (TPSA) is 65.2 Å². The van der Waals surface area contributed by atoms with Crippen LogP contribution in [0.15, 0.2) is 24.3 Å². The Kier molecular flexibility index (Phi) is 3.28. The maximum atomic E-state index is 12.1. The Morgan fingerprint density at radius 2 is 2.30 bits per heavy atom. The van der Waals surface area contributed by atoms with Gasteiger partial charge in [-0.15, -0.1) is 0 Å². The van der Waals surface area contributed by atoms with E-state index in [0.29, 0.717) is 13.0 Å². The number of amides is 1. The van der Waals surface area contributed by atoms with Crippen LogP contribution in [-0.4, -0.2) is 41.7 Å². The summed E-state index contributed by atoms with van der Waals surface area (Å²) in [7, 11) is 1.73. The van der Waals surface area contributed by atoms with Gasteiger partial charge in [0.05, 0.1) is 19.1 Å². The number of rotatable bonds is 3. The van der Waals surface area contributed by atoms with Crippen LogP contribution in [0.1, 0.15) is 11.3 Å². The fraction of sp³-hybridized carbons (Fsp3) is 0.333. The average Bonchev–Trinajstić information content (AvgIpc) is 2.83. The molecule has 0 aliphatic carbocycles. The fourth-order valence-corrected chi connectivity index (χ4v) is 2.88. The van der Waals surface area contributed by atoms with Crippen LogP contribution < -0.4 is 5.32 Å². The number of carbonyl (C=O) groups excluding carboxylic acids is 2. The van der Waals surface area contributed by atoms with Crippen LogP contribution >= 0.6 is 0 Å². The maximum Gasteiger partial charge on any atom is 0.237 e. The second-order valence-electron chi connectivity index (χ2n) is 5.09. The second-order valence-corrected chi connectivity index (χ2v) is 5.09. The zero-order valence-electron chi connectivity index (χ0n) is 11.3. The minimum Gasteiger partial charge on any atom is -0.357 e. The molecule has 5 heteroatoms. The number of nitrogens with zero attached hydrogens (tertiary/aromatic N) is 1. The normalized spacial score (nSPS) is 18.1. The van der Waals surface area contributed by atoms with E-state index in [4.69, 9.17) is 0 Å². The minimum absolute atomic E-state index is 0.0473. The van der Waals surface area contributed by atoms with Crippen LogP contribution in [0.3, 0.4) is 0 Å². The number of aromatic nitrogens is 1. The van der Waals surface area contributed by atoms with Gasteiger partial charge in [-0.3, -0.25) is 4.79 Å². The van der Waals surface area contributed by atoms with E-state index in [0.717, 1.165) is 28.4 Å². The van der Waals surface area contributed by atoms with Gasteiger partial charge >= 0.3 is 0 Å². The number of para-hydroxylation sites is 1. The monoisotopic (exact) mass is 271 g/mol. The number of nitrogens with one attached hydrogen (secondary N) is 2. The zero-order chi connectivity index (χ0) is 14.1. The average molecular weight is 271 g/mol. The molecule has 0 bridgehead atoms. The summed E-state index contributed by atoms with van der Waals surface area (Å²) in [6.45, 7) is 0.716. The van der Waals surface area contributed by atoms with Crippen LogP contribution in [0.25, 0.3) is 10.9 Å². The van der Waals surface area contributed by atoms with E-state index < -0.39 is 0 Å². The second kappa shape index (κ2) is 5.09. The summed E-state index contributed by atoms with van der Waals surface area (Å²) in [5.74, 6) is -0.0473. The van der Waals surface area contributed by atoms with Crippen molar-refractivity contribution >= 4 is 23.1 Å². The molecule has 5 nitrogen and oxygen atoms in total. The first-order valence-electron chi connectivity index (χ1n) is 6.72. The highest BCUT2D eigenvalue weighted by Gasteiger charge is 2.31. The number of carbonyl (C=O) groups is 2. The van der Waals surface area contributed by atoms with E-state index in [1.54, 1.807) is 11.9 Å². The number of aromatic amines is 1. The van der Waals surface area contributed by atoms with Gasteiger partial charge in [0.2, 0.25) is 5.91 Å². The van der Waals surface area contributed by atoms with Crippen LogP contribution in [0.4, 0.5) is 0 Å². The Morgan fingerprint density at radius 3 is 3.05 bits per heavy atom. The minimum atomic E-state index is -0.373. The van der Waals surface area contributed by atoms with Crippen molar-refractivity contribution in [2.75, 3.05) is 13.6 Å². The molecule has 3 rings (SSSR count). The number of aldehydes is 1. The molecule has 1 atom stereocenters. The number of benzene rings is 1. The van der Waals surface area contributed by atoms with E-state index >= 15 is 0 Å². The largest absolute Gasteiger partial charge is 0.357 e. The van der Waals surface area contributed by atoms with Crippen LogP contribution in [0.2, 0.25) is 0 Å². The van der Waals surface area contributed by atoms with Crippen LogP contribution in [0, 0.1) is 0 Å². The standard InChI is InChI=1S/C15H17N3O2/c1-16-7-15(20)18-8-14-12(6-10(18)9-19)11-4-2-3-5-13(11)17-14/h2-5,9-10,16-17H,6-8H2,1H3/t10-/m1/s1. The predicted octanol–water partition coefficient (Wildman–Crippen LogP) is 0.839. The Morgan fingerprint density at radius 1 is 1.50 bits per heavy atom. The van der Waals surface area contributed by atoms with Crippen molar-refractivity contribution in [1.82, 2.24) is 15.2 Å². The summed E-state index contributed by atoms with van der Waals surface area (Å²) in [6, 6.07) is 7.67. The predicted molar refractivity (Wildman–Crippen MR) is 76.3 cm³/mol. The molecule has 20 heavy (non-hydrogen) atoms. The third kappa shape index (κ3) is 2.00. The van der Waals surface area contributed by atoms with E-state index in [-0.39, 0.29) is 18.5 Å². The molecule has 1 aliphatic heterocycles. The number of H-pyrrole nitrogens is 1. The first-order chi connectivity index (χ1) is 9.74. The van der Waals surface area contributed by atoms with Crippen molar-refractivity contribution in [3.05, 3.63) is 35.5 Å². The van der Waals surface area contributed by atoms with Gasteiger partial charge in [0.25, 0.3) is 0 Å². The van der Waals surface area contributed by atoms with Crippen molar-refractivity contribution < 1.29 is 9.59 Å². The molecular formula is C15H17N3O2. The highest BCUT2D eigenvalue weighted by atomic mass is 16.2. The molecule has 0 saturated carbocycles. The number of fused-ring (bicyclic) bond motifs is 3. The Labute approximate surface area is 117 Å². The van der Waals surface area contributed by atoms with Gasteiger partial charge in [0, 0.05) is 23.0 Å². The molecular weight excluding hydrogens is 254 g/mol. The van der Waals surface area contributed by atoms with E-state index in [1.165, 1.54) is 0 Å². The maximum absolute atomic E-state index is 12.1. The van der Waals surface area contributed by atoms with E-state index in [1.807, 2.05) is 18.2 Å². The van der Waals surface area contributed by atoms with Crippen LogP contribution in [0.5, 0.6) is 0 Å². The van der Waals surface area contributed by atoms with Crippen molar-refractivity contribution in [2.45, 2.75) is 19.0 Å². The van der Waals surface area contributed by atoms with E-state index in [9.17, 15) is 9.59 Å². The molecule has 1 aromatic carbocycles. The summed E-state index contributed by atoms with van der Waals surface area (Å²) in [5, 5.41) is 3.99. The summed E-state index contributed by atoms with van der Waals surface area (Å²) >= 11 is 0. The third-order valence-electron chi connectivity index (χ3n) is 3.85. The highest BCUT2D eigenvalue weighted by Crippen LogP contribution is 2.29. The van der Waals surface area contributed by atoms with Crippen molar-refractivity contribution in [2.24, 2.45) is 0 Å². The Bertz CT molecular complexity index is 662. The van der Waals surface area contributed by atoms with Gasteiger partial charge in [0.1, 0.15) is 6.29 Å². The Balaban J connectivity index is 2.00. The molecule has 104 valence electrons. The molecule has 2 N–H and O–H groups in total. The fourth-order valence-electron chi connectivity index (χ4n) is 2.88. The molecule has 0 saturated heterocycles. The highest BCUT2D eigenvalue weighted by molar-refractivity contribution is 5.87. The lowest BCUT2D eigenvalue weighted by atomic mass is 9.97. The number of hydrogen-bond acceptors (Lipinski definition) is 3. The zero-order valence-corrected chi connectivity index (χ0v) is 11.3. The van der Waals surface area contributed by atoms with Gasteiger partial charge in [0.15, 0.2) is 0 Å². The smallest absolute Gasteiger partial charge is 0.237 e. The van der Waals surface area contributed by atoms with Crippen molar-refractivity contribution in [3.63, 3.8) is 0 Å². The van der Waals surface area contributed by atoms with Gasteiger partial charge in [-0.25, -0.2) is 0 Å². The van der Waals surface area contributed by atoms with Gasteiger partial charge in [-0.05, 0) is 18.7 Å². The van der Waals surface area contributed by atoms with Gasteiger partial charge in [-0.1, -0.05) is 18.2 Å². The first kappa shape index (κ1) is 12.9. The quantitative estimate of drug-likeness (QED) is 0.813. The summed E-state index contributed by atoms with van der Waals surface area (Å²) in [4.78, 5) is 28.4. The molecule has 2 heterocycles. The lowest BCUT2D eigenvalue weighted by Crippen LogP contribution is -2.47. The first-order valence-corrected chi connectivity index (χ1v) is 6.72. The third-order valence-corrected chi connectivity index (χ3v) is 3.85. The Hall–Kier alpha value is -2.14. The molecule has 2 aromatic rings. The van der Waals surface area contributed by atoms with Gasteiger partial charge < -0.3 is 20.0 Å². The number of hydrogen-bond donors (Lipinski definition) is 2. The van der Waals surface area contributed by atoms with Crippen molar-refractivity contribution in [1.29, 1.82) is 0 Å². The lowest BCUT2D eigenvalue weighted by molar-refractivity contribution is -0.136. The summed E-state index contributed by atoms with van der Waals surface area (Å²) in [5.41, 5.74) is 3.25. The molecule has 0 spiro atoms. The van der Waals surface area contributed by atoms with Crippen LogP contribution in [-0.2, 0) is 22.6 Å². The molecule has 0 fully saturated rings. The summed E-state index contributed by atoms with van der Waals surface area (Å²) in [6.07, 6.45) is 1.45. The molecule has 1 amide bonds. The molecule has 0 unspecified atom stereocenters. The summed E-state index contributed by atoms with van der Waals surface area (Å²) < 4.78 is 0.